The molecule has 6 heteroatoms. The van der Waals surface area contributed by atoms with Gasteiger partial charge >= 0.3 is 0 Å². The molecule has 1 saturated heterocycles. The van der Waals surface area contributed by atoms with E-state index in [4.69, 9.17) is 4.42 Å². The van der Waals surface area contributed by atoms with E-state index in [-0.39, 0.29) is 12.6 Å². The minimum Gasteiger partial charge on any atom is -0.468 e. The molecule has 0 amide bonds. The average molecular weight is 399 g/mol. The lowest BCUT2D eigenvalue weighted by Gasteiger charge is -2.33. The second-order valence-corrected chi connectivity index (χ2v) is 7.84. The number of piperidine rings is 1. The smallest absolute Gasteiger partial charge is 0.191 e. The molecule has 1 aromatic heterocycles. The molecule has 1 aliphatic heterocycles. The van der Waals surface area contributed by atoms with Gasteiger partial charge in [-0.1, -0.05) is 36.8 Å². The SMILES string of the molecule is CCNC(=NCC(C)(O)c1ccccc1)NCC(c1ccco1)N1CCCCC1. The normalized spacial score (nSPS) is 18.8. The van der Waals surface area contributed by atoms with Crippen molar-refractivity contribution >= 4 is 5.96 Å². The molecule has 2 aromatic rings. The fourth-order valence-electron chi connectivity index (χ4n) is 3.78. The Morgan fingerprint density at radius 1 is 1.14 bits per heavy atom. The first-order valence-corrected chi connectivity index (χ1v) is 10.7. The second-order valence-electron chi connectivity index (χ2n) is 7.84. The molecule has 1 fully saturated rings. The van der Waals surface area contributed by atoms with Crippen LogP contribution in [0.25, 0.3) is 0 Å². The van der Waals surface area contributed by atoms with Crippen molar-refractivity contribution in [3.05, 3.63) is 60.1 Å². The van der Waals surface area contributed by atoms with Gasteiger partial charge in [0.2, 0.25) is 0 Å². The van der Waals surface area contributed by atoms with Crippen molar-refractivity contribution in [1.82, 2.24) is 15.5 Å². The number of hydrogen-bond donors (Lipinski definition) is 3. The van der Waals surface area contributed by atoms with Crippen molar-refractivity contribution in [2.75, 3.05) is 32.7 Å². The summed E-state index contributed by atoms with van der Waals surface area (Å²) in [4.78, 5) is 7.14. The van der Waals surface area contributed by atoms with Crippen molar-refractivity contribution in [2.45, 2.75) is 44.8 Å². The first-order chi connectivity index (χ1) is 14.1. The highest BCUT2D eigenvalue weighted by Crippen LogP contribution is 2.24. The quantitative estimate of drug-likeness (QED) is 0.470. The van der Waals surface area contributed by atoms with Gasteiger partial charge in [0.05, 0.1) is 18.8 Å². The van der Waals surface area contributed by atoms with Crippen LogP contribution in [0.1, 0.15) is 50.5 Å². The highest BCUT2D eigenvalue weighted by molar-refractivity contribution is 5.79. The lowest BCUT2D eigenvalue weighted by molar-refractivity contribution is 0.0672. The van der Waals surface area contributed by atoms with Crippen LogP contribution < -0.4 is 10.6 Å². The van der Waals surface area contributed by atoms with Gasteiger partial charge in [-0.15, -0.1) is 0 Å². The summed E-state index contributed by atoms with van der Waals surface area (Å²) in [5.74, 6) is 1.68. The van der Waals surface area contributed by atoms with Gasteiger partial charge in [0.1, 0.15) is 11.4 Å². The zero-order valence-electron chi connectivity index (χ0n) is 17.6. The molecule has 0 radical (unpaired) electrons. The van der Waals surface area contributed by atoms with Crippen molar-refractivity contribution < 1.29 is 9.52 Å². The molecular formula is C23H34N4O2. The Labute approximate surface area is 174 Å². The molecule has 0 saturated carbocycles. The van der Waals surface area contributed by atoms with Crippen molar-refractivity contribution in [1.29, 1.82) is 0 Å². The third-order valence-electron chi connectivity index (χ3n) is 5.45. The number of rotatable bonds is 8. The Bertz CT molecular complexity index is 738. The summed E-state index contributed by atoms with van der Waals surface area (Å²) in [5, 5.41) is 17.6. The van der Waals surface area contributed by atoms with Crippen LogP contribution in [0.15, 0.2) is 58.1 Å². The van der Waals surface area contributed by atoms with Gasteiger partial charge in [-0.25, -0.2) is 4.99 Å². The third-order valence-corrected chi connectivity index (χ3v) is 5.45. The molecule has 158 valence electrons. The number of aliphatic hydroxyl groups is 1. The van der Waals surface area contributed by atoms with Gasteiger partial charge in [0.25, 0.3) is 0 Å². The zero-order valence-corrected chi connectivity index (χ0v) is 17.6. The number of hydrogen-bond acceptors (Lipinski definition) is 4. The summed E-state index contributed by atoms with van der Waals surface area (Å²) >= 11 is 0. The zero-order chi connectivity index (χ0) is 20.5. The van der Waals surface area contributed by atoms with Crippen molar-refractivity contribution in [3.8, 4) is 0 Å². The van der Waals surface area contributed by atoms with Crippen LogP contribution in [-0.4, -0.2) is 48.7 Å². The number of likely N-dealkylation sites (tertiary alicyclic amines) is 1. The Balaban J connectivity index is 1.67. The van der Waals surface area contributed by atoms with Gasteiger partial charge in [-0.05, 0) is 57.5 Å². The molecule has 3 rings (SSSR count). The summed E-state index contributed by atoms with van der Waals surface area (Å²) in [7, 11) is 0. The number of guanidine groups is 1. The van der Waals surface area contributed by atoms with Crippen molar-refractivity contribution in [2.24, 2.45) is 4.99 Å². The predicted molar refractivity (Wildman–Crippen MR) is 117 cm³/mol. The average Bonchev–Trinajstić information content (AvgIpc) is 3.28. The summed E-state index contributed by atoms with van der Waals surface area (Å²) in [6.07, 6.45) is 5.49. The number of furan rings is 1. The molecule has 2 unspecified atom stereocenters. The minimum absolute atomic E-state index is 0.170. The van der Waals surface area contributed by atoms with E-state index in [1.54, 1.807) is 13.2 Å². The molecule has 0 aliphatic carbocycles. The van der Waals surface area contributed by atoms with E-state index in [1.807, 2.05) is 49.4 Å². The number of nitrogens with one attached hydrogen (secondary N) is 2. The van der Waals surface area contributed by atoms with Gasteiger partial charge in [0.15, 0.2) is 5.96 Å². The molecular weight excluding hydrogens is 364 g/mol. The fourth-order valence-corrected chi connectivity index (χ4v) is 3.78. The van der Waals surface area contributed by atoms with Gasteiger partial charge in [0, 0.05) is 13.1 Å². The van der Waals surface area contributed by atoms with Crippen LogP contribution >= 0.6 is 0 Å². The van der Waals surface area contributed by atoms with E-state index in [0.29, 0.717) is 12.5 Å². The molecule has 0 spiro atoms. The molecule has 2 atom stereocenters. The Hall–Kier alpha value is -2.31. The van der Waals surface area contributed by atoms with Crippen LogP contribution in [0, 0.1) is 0 Å². The predicted octanol–water partition coefficient (Wildman–Crippen LogP) is 3.27. The summed E-state index contributed by atoms with van der Waals surface area (Å²) < 4.78 is 5.73. The first kappa shape index (κ1) is 21.4. The van der Waals surface area contributed by atoms with Crippen LogP contribution in [0.4, 0.5) is 0 Å². The largest absolute Gasteiger partial charge is 0.468 e. The molecule has 29 heavy (non-hydrogen) atoms. The topological polar surface area (TPSA) is 73.0 Å². The number of nitrogens with zero attached hydrogens (tertiary/aromatic N) is 2. The third kappa shape index (κ3) is 6.08. The molecule has 0 bridgehead atoms. The van der Waals surface area contributed by atoms with Gasteiger partial charge in [-0.3, -0.25) is 4.90 Å². The number of benzene rings is 1. The van der Waals surface area contributed by atoms with E-state index in [2.05, 4.69) is 20.5 Å². The lowest BCUT2D eigenvalue weighted by Crippen LogP contribution is -2.45. The second kappa shape index (κ2) is 10.5. The lowest BCUT2D eigenvalue weighted by atomic mass is 9.96. The van der Waals surface area contributed by atoms with E-state index in [1.165, 1.54) is 19.3 Å². The molecule has 1 aliphatic rings. The maximum Gasteiger partial charge on any atom is 0.191 e. The first-order valence-electron chi connectivity index (χ1n) is 10.7. The molecule has 1 aromatic carbocycles. The van der Waals surface area contributed by atoms with Crippen LogP contribution in [0.5, 0.6) is 0 Å². The van der Waals surface area contributed by atoms with E-state index in [9.17, 15) is 5.11 Å². The Morgan fingerprint density at radius 2 is 1.90 bits per heavy atom. The van der Waals surface area contributed by atoms with E-state index < -0.39 is 5.60 Å². The molecule has 3 N–H and O–H groups in total. The van der Waals surface area contributed by atoms with Crippen LogP contribution in [-0.2, 0) is 5.60 Å². The van der Waals surface area contributed by atoms with Gasteiger partial charge < -0.3 is 20.2 Å². The summed E-state index contributed by atoms with van der Waals surface area (Å²) in [6.45, 7) is 7.76. The minimum atomic E-state index is -1.02. The van der Waals surface area contributed by atoms with Crippen molar-refractivity contribution in [3.63, 3.8) is 0 Å². The van der Waals surface area contributed by atoms with Crippen LogP contribution in [0.2, 0.25) is 0 Å². The molecule has 2 heterocycles. The Morgan fingerprint density at radius 3 is 2.55 bits per heavy atom. The van der Waals surface area contributed by atoms with E-state index in [0.717, 1.165) is 31.0 Å². The van der Waals surface area contributed by atoms with Gasteiger partial charge in [-0.2, -0.15) is 0 Å². The number of aliphatic imine (C=N–C) groups is 1. The summed E-state index contributed by atoms with van der Waals surface area (Å²) in [5.41, 5.74) is -0.155. The highest BCUT2D eigenvalue weighted by Gasteiger charge is 2.25. The van der Waals surface area contributed by atoms with Crippen LogP contribution in [0.3, 0.4) is 0 Å². The summed E-state index contributed by atoms with van der Waals surface area (Å²) in [6, 6.07) is 13.8. The molecule has 6 nitrogen and oxygen atoms in total. The standard InChI is InChI=1S/C23H34N4O2/c1-3-24-22(26-18-23(2,28)19-11-6-4-7-12-19)25-17-20(21-13-10-16-29-21)27-14-8-5-9-15-27/h4,6-7,10-13,16,20,28H,3,5,8-9,14-15,17-18H2,1-2H3,(H2,24,25,26). The maximum absolute atomic E-state index is 10.8. The monoisotopic (exact) mass is 398 g/mol. The Kier molecular flexibility index (Phi) is 7.72. The van der Waals surface area contributed by atoms with E-state index >= 15 is 0 Å². The highest BCUT2D eigenvalue weighted by atomic mass is 16.3. The maximum atomic E-state index is 10.8. The fraction of sp³-hybridized carbons (Fsp3) is 0.522.